The zero-order valence-electron chi connectivity index (χ0n) is 57.5. The van der Waals surface area contributed by atoms with Crippen molar-refractivity contribution in [1.29, 1.82) is 0 Å². The number of aromatic nitrogens is 2. The molecule has 2 aromatic heterocycles. The molecule has 0 radical (unpaired) electrons. The van der Waals surface area contributed by atoms with Gasteiger partial charge >= 0.3 is 18.1 Å². The molecule has 0 spiro atoms. The van der Waals surface area contributed by atoms with E-state index in [1.807, 2.05) is 6.08 Å². The average Bonchev–Trinajstić information content (AvgIpc) is 1.60. The molecule has 0 saturated heterocycles. The van der Waals surface area contributed by atoms with Crippen LogP contribution < -0.4 is 48.5 Å². The van der Waals surface area contributed by atoms with E-state index in [0.717, 1.165) is 24.8 Å². The Bertz CT molecular complexity index is 3730. The molecule has 8 rings (SSSR count). The Morgan fingerprint density at radius 1 is 0.832 bits per heavy atom. The summed E-state index contributed by atoms with van der Waals surface area (Å²) in [7, 11) is 0. The number of nitrogens with one attached hydrogen (secondary N) is 7. The predicted octanol–water partition coefficient (Wildman–Crippen LogP) is 3.87. The van der Waals surface area contributed by atoms with Gasteiger partial charge in [-0.2, -0.15) is 0 Å². The van der Waals surface area contributed by atoms with Gasteiger partial charge in [0.25, 0.3) is 11.5 Å². The number of anilines is 1. The number of primary amides is 1. The van der Waals surface area contributed by atoms with E-state index in [1.54, 1.807) is 58.0 Å². The molecule has 2 aliphatic carbocycles. The highest BCUT2D eigenvalue weighted by molar-refractivity contribution is 6.04. The van der Waals surface area contributed by atoms with Crippen LogP contribution in [-0.4, -0.2) is 179 Å². The maximum Gasteiger partial charge on any atom is 0.407 e. The lowest BCUT2D eigenvalue weighted by atomic mass is 9.81. The van der Waals surface area contributed by atoms with Crippen molar-refractivity contribution in [3.63, 3.8) is 0 Å². The van der Waals surface area contributed by atoms with E-state index in [2.05, 4.69) is 48.3 Å². The Hall–Kier alpha value is -9.11. The molecule has 0 saturated carbocycles. The number of nitrogens with zero attached hydrogens (tertiary/aromatic N) is 3. The monoisotopic (exact) mass is 1410 g/mol. The number of carbonyl (C=O) groups excluding carboxylic acids is 9. The van der Waals surface area contributed by atoms with Crippen molar-refractivity contribution in [1.82, 2.24) is 41.5 Å². The minimum atomic E-state index is -2.06. The number of carbonyl (C=O) groups is 9. The molecule has 31 heteroatoms. The number of aliphatic hydroxyl groups is 1. The Morgan fingerprint density at radius 3 is 2.29 bits per heavy atom. The van der Waals surface area contributed by atoms with E-state index >= 15 is 4.39 Å². The lowest BCUT2D eigenvalue weighted by Gasteiger charge is -2.31. The number of hydrogen-bond acceptors (Lipinski definition) is 20. The molecule has 548 valence electrons. The Labute approximate surface area is 583 Å². The van der Waals surface area contributed by atoms with Crippen LogP contribution in [0.4, 0.5) is 19.7 Å². The van der Waals surface area contributed by atoms with Crippen LogP contribution in [0.3, 0.4) is 0 Å². The van der Waals surface area contributed by atoms with Crippen LogP contribution in [0, 0.1) is 24.6 Å². The van der Waals surface area contributed by atoms with Gasteiger partial charge in [-0.3, -0.25) is 33.6 Å². The molecule has 4 heterocycles. The Morgan fingerprint density at radius 2 is 1.56 bits per heavy atom. The third-order valence-electron chi connectivity index (χ3n) is 17.6. The molecular weight excluding hydrogens is 1320 g/mol. The van der Waals surface area contributed by atoms with Gasteiger partial charge in [0.15, 0.2) is 5.60 Å². The number of cyclic esters (lactones) is 1. The highest BCUT2D eigenvalue weighted by Gasteiger charge is 2.46. The number of fused-ring (bicyclic) bond motifs is 5. The number of halogens is 1. The van der Waals surface area contributed by atoms with Crippen molar-refractivity contribution in [2.24, 2.45) is 22.6 Å². The normalized spacial score (nSPS) is 17.6. The van der Waals surface area contributed by atoms with Crippen molar-refractivity contribution in [3.8, 4) is 11.4 Å². The first-order chi connectivity index (χ1) is 48.6. The molecular formula is C70H92FN11O19. The van der Waals surface area contributed by atoms with E-state index < -0.39 is 102 Å². The van der Waals surface area contributed by atoms with Gasteiger partial charge < -0.3 is 90.5 Å². The quantitative estimate of drug-likeness (QED) is 0.00890. The summed E-state index contributed by atoms with van der Waals surface area (Å²) in [6, 6.07) is 6.76. The van der Waals surface area contributed by atoms with Gasteiger partial charge in [-0.25, -0.2) is 28.8 Å². The number of alkyl carbamates (subject to hydrolysis) is 1. The Kier molecular flexibility index (Phi) is 29.7. The van der Waals surface area contributed by atoms with Crippen LogP contribution in [0.25, 0.3) is 22.3 Å². The molecule has 2 aromatic carbocycles. The summed E-state index contributed by atoms with van der Waals surface area (Å²) < 4.78 is 60.7. The number of hydrogen-bond donors (Lipinski definition) is 9. The standard InChI is InChI=1S/C70H92FN11O19/c1-5-70(93)51-32-55-63-49(36-82(55)66(89)50(51)38-100-67(70)90)61-53(20-19-48-43(4)52(71)33-54(80-63)60(48)61)79-59(86)39-98-41-77-57(84)35-76-69(92)101-37-44-15-17-46(18-16-44)78-64(87)45(12-11-22-74-68(72)91)34-75-65(88)62(42(2)3)81-56(83)21-24-94-26-28-96-30-31-97-29-27-95-25-23-73-58(85)40-99-47-13-9-7-6-8-10-14-47/h9,13,15-18,32-34,42,45,47,53,62,93H,5-8,10-12,14,19-31,35-41H2,1-4H3,(H,73,85)(H,76,92)(H,77,84)(H,78,87)(H,79,86)(H,81,83)(H3,72,74,91)/b13-9-,75-34?/t45?,47?,53-,62-,70-/m0/s1. The first-order valence-electron chi connectivity index (χ1n) is 34.2. The molecule has 2 aliphatic heterocycles. The number of aryl methyl sites for hydroxylation is 1. The molecule has 4 aromatic rings. The largest absolute Gasteiger partial charge is 0.458 e. The van der Waals surface area contributed by atoms with Gasteiger partial charge in [0.1, 0.15) is 51.6 Å². The lowest BCUT2D eigenvalue weighted by molar-refractivity contribution is -0.172. The fraction of sp³-hybridized carbons (Fsp3) is 0.543. The molecule has 101 heavy (non-hydrogen) atoms. The number of allylic oxidation sites excluding steroid dienone is 1. The van der Waals surface area contributed by atoms with Crippen molar-refractivity contribution in [2.75, 3.05) is 97.8 Å². The second kappa shape index (κ2) is 38.6. The number of urea groups is 1. The highest BCUT2D eigenvalue weighted by atomic mass is 19.1. The molecule has 9 amide bonds. The topological polar surface area (TPSA) is 405 Å². The van der Waals surface area contributed by atoms with Crippen molar-refractivity contribution in [2.45, 2.75) is 142 Å². The van der Waals surface area contributed by atoms with Crippen LogP contribution in [0.15, 0.2) is 58.3 Å². The molecule has 10 N–H and O–H groups in total. The fourth-order valence-electron chi connectivity index (χ4n) is 12.0. The van der Waals surface area contributed by atoms with Gasteiger partial charge in [0, 0.05) is 54.0 Å². The highest BCUT2D eigenvalue weighted by Crippen LogP contribution is 2.46. The summed E-state index contributed by atoms with van der Waals surface area (Å²) >= 11 is 0. The fourth-order valence-corrected chi connectivity index (χ4v) is 12.0. The summed E-state index contributed by atoms with van der Waals surface area (Å²) in [5, 5.41) is 30.5. The number of benzene rings is 2. The van der Waals surface area contributed by atoms with Gasteiger partial charge in [-0.1, -0.05) is 57.9 Å². The molecule has 30 nitrogen and oxygen atoms in total. The third kappa shape index (κ3) is 22.2. The van der Waals surface area contributed by atoms with Gasteiger partial charge in [-0.05, 0) is 105 Å². The summed E-state index contributed by atoms with van der Waals surface area (Å²) in [6.45, 7) is 7.61. The zero-order valence-corrected chi connectivity index (χ0v) is 57.5. The smallest absolute Gasteiger partial charge is 0.407 e. The SMILES string of the molecule is CC[C@@]1(O)C(=O)OCc2c1cc1n(c2=O)Cc2c-1nc1cc(F)c(C)c3c1c2[C@@H](NC(=O)COCNC(=O)CNC(=O)OCc1ccc(NC(=O)C(C=NC(=O)[C@@H](NC(=O)CCOCCOCCOCCOCCNC(=O)COC2/C=C\CCCCC2)C(C)C)CCCNC(N)=O)cc1)CC3. The summed E-state index contributed by atoms with van der Waals surface area (Å²) in [4.78, 5) is 138. The zero-order chi connectivity index (χ0) is 72.4. The minimum Gasteiger partial charge on any atom is -0.458 e. The number of amides is 9. The number of pyridine rings is 2. The Balaban J connectivity index is 0.697. The van der Waals surface area contributed by atoms with E-state index in [9.17, 15) is 53.1 Å². The van der Waals surface area contributed by atoms with E-state index in [0.29, 0.717) is 103 Å². The van der Waals surface area contributed by atoms with Crippen LogP contribution in [-0.2, 0) is 103 Å². The maximum atomic E-state index is 15.4. The van der Waals surface area contributed by atoms with Crippen molar-refractivity contribution < 1.29 is 90.5 Å². The van der Waals surface area contributed by atoms with Gasteiger partial charge in [0.05, 0.1) is 99.9 Å². The van der Waals surface area contributed by atoms with Gasteiger partial charge in [-0.15, -0.1) is 0 Å². The summed E-state index contributed by atoms with van der Waals surface area (Å²) in [5.74, 6) is -5.73. The first-order valence-corrected chi connectivity index (χ1v) is 34.2. The molecule has 0 fully saturated rings. The first kappa shape index (κ1) is 77.6. The van der Waals surface area contributed by atoms with Crippen molar-refractivity contribution in [3.05, 3.63) is 104 Å². The van der Waals surface area contributed by atoms with Crippen LogP contribution in [0.2, 0.25) is 0 Å². The number of rotatable bonds is 38. The summed E-state index contributed by atoms with van der Waals surface area (Å²) in [6.07, 6.45) is 10.9. The number of nitrogens with two attached hydrogens (primary N) is 1. The summed E-state index contributed by atoms with van der Waals surface area (Å²) in [5.41, 5.74) is 7.24. The maximum absolute atomic E-state index is 15.4. The molecule has 2 unspecified atom stereocenters. The second-order valence-corrected chi connectivity index (χ2v) is 25.1. The number of esters is 1. The van der Waals surface area contributed by atoms with Crippen molar-refractivity contribution >= 4 is 76.3 Å². The van der Waals surface area contributed by atoms with E-state index in [-0.39, 0.29) is 107 Å². The second-order valence-electron chi connectivity index (χ2n) is 25.1. The number of ether oxygens (including phenoxy) is 8. The van der Waals surface area contributed by atoms with Gasteiger partial charge in [0.2, 0.25) is 29.5 Å². The third-order valence-corrected chi connectivity index (χ3v) is 17.6. The van der Waals surface area contributed by atoms with E-state index in [4.69, 9.17) is 48.6 Å². The average molecular weight is 1410 g/mol. The predicted molar refractivity (Wildman–Crippen MR) is 364 cm³/mol. The van der Waals surface area contributed by atoms with Crippen LogP contribution in [0.1, 0.15) is 130 Å². The lowest BCUT2D eigenvalue weighted by Crippen LogP contribution is -2.44. The van der Waals surface area contributed by atoms with Crippen LogP contribution >= 0.6 is 0 Å². The van der Waals surface area contributed by atoms with Crippen LogP contribution in [0.5, 0.6) is 0 Å². The molecule has 5 atom stereocenters. The molecule has 0 bridgehead atoms. The minimum absolute atomic E-state index is 0.0122. The van der Waals surface area contributed by atoms with E-state index in [1.165, 1.54) is 29.7 Å². The number of aliphatic imine (C=N–C) groups is 1. The molecule has 4 aliphatic rings.